The van der Waals surface area contributed by atoms with Gasteiger partial charge in [-0.25, -0.2) is 4.79 Å². The Bertz CT molecular complexity index is 1210. The Morgan fingerprint density at radius 2 is 1.78 bits per heavy atom. The van der Waals surface area contributed by atoms with Crippen LogP contribution < -0.4 is 5.32 Å². The molecule has 1 amide bonds. The number of benzene rings is 1. The predicted octanol–water partition coefficient (Wildman–Crippen LogP) is 5.07. The van der Waals surface area contributed by atoms with Gasteiger partial charge < -0.3 is 25.1 Å². The van der Waals surface area contributed by atoms with E-state index >= 15 is 0 Å². The molecule has 0 aromatic heterocycles. The molecule has 0 spiro atoms. The van der Waals surface area contributed by atoms with Crippen molar-refractivity contribution in [3.05, 3.63) is 41.5 Å². The Labute approximate surface area is 243 Å². The molecule has 4 aliphatic rings. The smallest absolute Gasteiger partial charge is 0.328 e. The molecule has 8 heteroatoms. The second kappa shape index (κ2) is 11.4. The number of hydrogen-bond donors (Lipinski definition) is 3. The zero-order valence-electron chi connectivity index (χ0n) is 24.9. The summed E-state index contributed by atoms with van der Waals surface area (Å²) < 4.78 is 5.15. The van der Waals surface area contributed by atoms with Gasteiger partial charge in [0.25, 0.3) is 5.91 Å². The molecule has 3 fully saturated rings. The van der Waals surface area contributed by atoms with Crippen molar-refractivity contribution < 1.29 is 29.4 Å². The molecular weight excluding hydrogens is 520 g/mol. The highest BCUT2D eigenvalue weighted by molar-refractivity contribution is 5.96. The first-order valence-corrected chi connectivity index (χ1v) is 15.3. The largest absolute Gasteiger partial charge is 0.508 e. The van der Waals surface area contributed by atoms with Gasteiger partial charge in [-0.05, 0) is 118 Å². The molecule has 0 bridgehead atoms. The summed E-state index contributed by atoms with van der Waals surface area (Å²) in [5.41, 5.74) is 2.71. The van der Waals surface area contributed by atoms with Crippen molar-refractivity contribution in [1.29, 1.82) is 0 Å². The molecule has 224 valence electrons. The number of esters is 1. The van der Waals surface area contributed by atoms with E-state index in [-0.39, 0.29) is 36.2 Å². The van der Waals surface area contributed by atoms with E-state index in [2.05, 4.69) is 37.3 Å². The number of ether oxygens (including phenoxy) is 1. The Morgan fingerprint density at radius 1 is 1.05 bits per heavy atom. The summed E-state index contributed by atoms with van der Waals surface area (Å²) in [6.07, 6.45) is 10.8. The van der Waals surface area contributed by atoms with Gasteiger partial charge >= 0.3 is 5.97 Å². The van der Waals surface area contributed by atoms with Gasteiger partial charge in [0.05, 0.1) is 17.9 Å². The van der Waals surface area contributed by atoms with Crippen LogP contribution in [0.15, 0.2) is 41.1 Å². The number of nitrogens with zero attached hydrogens (tertiary/aromatic N) is 1. The average molecular weight is 567 g/mol. The molecule has 1 aromatic carbocycles. The number of oxime groups is 1. The standard InChI is InChI=1S/C33H46N2O6/c1-5-40-30(38)28(18-21-6-9-24(36)10-7-21)34-29(37)20-41-35-23-12-15-31(2)22(19-23)8-11-25-26(31)13-16-32(3)27(25)14-17-33(32,4)39/h6-7,9-10,19,25-28,36,39H,5,8,11-18,20H2,1-4H3,(H,34,37)/t25-,26+,27-,28-,31-,32-,33+/m1/s1. The van der Waals surface area contributed by atoms with Crippen LogP contribution >= 0.6 is 0 Å². The van der Waals surface area contributed by atoms with E-state index in [0.29, 0.717) is 17.8 Å². The second-order valence-corrected chi connectivity index (χ2v) is 13.4. The minimum Gasteiger partial charge on any atom is -0.508 e. The number of carbonyl (C=O) groups is 2. The Morgan fingerprint density at radius 3 is 2.51 bits per heavy atom. The van der Waals surface area contributed by atoms with Crippen molar-refractivity contribution in [2.24, 2.45) is 33.7 Å². The number of amides is 1. The lowest BCUT2D eigenvalue weighted by atomic mass is 9.46. The topological polar surface area (TPSA) is 117 Å². The van der Waals surface area contributed by atoms with Crippen molar-refractivity contribution in [2.45, 2.75) is 97.1 Å². The van der Waals surface area contributed by atoms with Crippen molar-refractivity contribution in [3.8, 4) is 5.75 Å². The number of fused-ring (bicyclic) bond motifs is 5. The van der Waals surface area contributed by atoms with Crippen LogP contribution in [0.3, 0.4) is 0 Å². The summed E-state index contributed by atoms with van der Waals surface area (Å²) in [5, 5.41) is 27.7. The molecule has 3 N–H and O–H groups in total. The summed E-state index contributed by atoms with van der Waals surface area (Å²) in [6, 6.07) is 5.63. The average Bonchev–Trinajstić information content (AvgIpc) is 3.18. The van der Waals surface area contributed by atoms with Gasteiger partial charge in [-0.3, -0.25) is 4.79 Å². The molecule has 0 radical (unpaired) electrons. The van der Waals surface area contributed by atoms with E-state index in [0.717, 1.165) is 62.6 Å². The maximum absolute atomic E-state index is 12.7. The summed E-state index contributed by atoms with van der Waals surface area (Å²) >= 11 is 0. The van der Waals surface area contributed by atoms with Gasteiger partial charge in [0.2, 0.25) is 0 Å². The lowest BCUT2D eigenvalue weighted by Crippen LogP contribution is -2.53. The monoisotopic (exact) mass is 566 g/mol. The molecule has 0 aliphatic heterocycles. The quantitative estimate of drug-likeness (QED) is 0.299. The third-order valence-corrected chi connectivity index (χ3v) is 11.2. The second-order valence-electron chi connectivity index (χ2n) is 13.4. The van der Waals surface area contributed by atoms with Gasteiger partial charge in [-0.1, -0.05) is 36.7 Å². The van der Waals surface area contributed by atoms with Crippen LogP contribution in [0, 0.1) is 28.6 Å². The maximum Gasteiger partial charge on any atom is 0.328 e. The van der Waals surface area contributed by atoms with Crippen molar-refractivity contribution in [2.75, 3.05) is 13.2 Å². The zero-order valence-corrected chi connectivity index (χ0v) is 24.9. The maximum atomic E-state index is 12.7. The Balaban J connectivity index is 1.19. The molecule has 8 nitrogen and oxygen atoms in total. The predicted molar refractivity (Wildman–Crippen MR) is 156 cm³/mol. The van der Waals surface area contributed by atoms with Crippen molar-refractivity contribution in [3.63, 3.8) is 0 Å². The number of allylic oxidation sites excluding steroid dienone is 2. The van der Waals surface area contributed by atoms with Gasteiger partial charge in [0, 0.05) is 6.42 Å². The first-order valence-electron chi connectivity index (χ1n) is 15.3. The van der Waals surface area contributed by atoms with E-state index in [1.54, 1.807) is 31.2 Å². The molecule has 1 aromatic rings. The number of aliphatic hydroxyl groups is 1. The summed E-state index contributed by atoms with van der Waals surface area (Å²) in [5.74, 6) is 1.07. The third kappa shape index (κ3) is 5.64. The van der Waals surface area contributed by atoms with Crippen LogP contribution in [0.1, 0.15) is 84.6 Å². The summed E-state index contributed by atoms with van der Waals surface area (Å²) in [6.45, 7) is 8.45. The first kappa shape index (κ1) is 29.6. The normalized spacial score (nSPS) is 35.9. The van der Waals surface area contributed by atoms with Gasteiger partial charge in [0.15, 0.2) is 6.61 Å². The number of phenols is 1. The number of phenolic OH excluding ortho intramolecular Hbond substituents is 1. The van der Waals surface area contributed by atoms with Crippen molar-refractivity contribution in [1.82, 2.24) is 5.32 Å². The van der Waals surface area contributed by atoms with Gasteiger partial charge in [-0.2, -0.15) is 0 Å². The van der Waals surface area contributed by atoms with Crippen LogP contribution in [-0.2, 0) is 25.6 Å². The fraction of sp³-hybridized carbons (Fsp3) is 0.667. The van der Waals surface area contributed by atoms with Crippen molar-refractivity contribution >= 4 is 17.6 Å². The molecule has 0 heterocycles. The molecule has 7 atom stereocenters. The molecule has 0 unspecified atom stereocenters. The zero-order chi connectivity index (χ0) is 29.4. The first-order chi connectivity index (χ1) is 19.5. The Kier molecular flexibility index (Phi) is 8.25. The van der Waals surface area contributed by atoms with E-state index in [9.17, 15) is 19.8 Å². The SMILES string of the molecule is CCOC(=O)[C@@H](Cc1ccc(O)cc1)NC(=O)CON=C1C=C2CC[C@H]3[C@H]4CC[C@](C)(O)[C@]4(C)CC[C@@H]3[C@]2(C)CC1. The lowest BCUT2D eigenvalue weighted by Gasteiger charge is -2.59. The summed E-state index contributed by atoms with van der Waals surface area (Å²) in [4.78, 5) is 30.6. The van der Waals surface area contributed by atoms with Crippen LogP contribution in [0.5, 0.6) is 5.75 Å². The molecular formula is C33H46N2O6. The molecule has 4 aliphatic carbocycles. The number of nitrogens with one attached hydrogen (secondary N) is 1. The molecule has 0 saturated heterocycles. The van der Waals surface area contributed by atoms with Crippen LogP contribution in [0.2, 0.25) is 0 Å². The molecule has 3 saturated carbocycles. The minimum atomic E-state index is -0.864. The van der Waals surface area contributed by atoms with Gasteiger partial charge in [0.1, 0.15) is 11.8 Å². The number of hydrogen-bond acceptors (Lipinski definition) is 7. The highest BCUT2D eigenvalue weighted by atomic mass is 16.6. The van der Waals surface area contributed by atoms with E-state index in [4.69, 9.17) is 9.57 Å². The fourth-order valence-electron chi connectivity index (χ4n) is 8.60. The Hall–Kier alpha value is -2.87. The van der Waals surface area contributed by atoms with Crippen LogP contribution in [0.4, 0.5) is 0 Å². The third-order valence-electron chi connectivity index (χ3n) is 11.2. The molecule has 5 rings (SSSR count). The highest BCUT2D eigenvalue weighted by Crippen LogP contribution is 2.67. The lowest BCUT2D eigenvalue weighted by molar-refractivity contribution is -0.147. The number of aromatic hydroxyl groups is 1. The van der Waals surface area contributed by atoms with Crippen LogP contribution in [0.25, 0.3) is 0 Å². The number of carbonyl (C=O) groups excluding carboxylic acids is 2. The number of rotatable bonds is 8. The van der Waals surface area contributed by atoms with E-state index in [1.807, 2.05) is 0 Å². The van der Waals surface area contributed by atoms with E-state index in [1.165, 1.54) is 5.57 Å². The summed E-state index contributed by atoms with van der Waals surface area (Å²) in [7, 11) is 0. The fourth-order valence-corrected chi connectivity index (χ4v) is 8.60. The molecule has 41 heavy (non-hydrogen) atoms. The van der Waals surface area contributed by atoms with Crippen LogP contribution in [-0.4, -0.2) is 52.7 Å². The minimum absolute atomic E-state index is 0.0256. The van der Waals surface area contributed by atoms with E-state index < -0.39 is 23.5 Å². The highest BCUT2D eigenvalue weighted by Gasteiger charge is 2.62. The van der Waals surface area contributed by atoms with Gasteiger partial charge in [-0.15, -0.1) is 0 Å².